The lowest BCUT2D eigenvalue weighted by atomic mass is 9.76. The van der Waals surface area contributed by atoms with E-state index in [0.29, 0.717) is 24.8 Å². The highest BCUT2D eigenvalue weighted by atomic mass is 16.5. The predicted molar refractivity (Wildman–Crippen MR) is 77.4 cm³/mol. The van der Waals surface area contributed by atoms with Gasteiger partial charge in [0.05, 0.1) is 0 Å². The Balaban J connectivity index is 2.16. The van der Waals surface area contributed by atoms with Gasteiger partial charge in [-0.2, -0.15) is 0 Å². The number of carbonyl (C=O) groups excluding carboxylic acids is 2. The second-order valence-electron chi connectivity index (χ2n) is 6.46. The molecule has 2 aliphatic heterocycles. The minimum atomic E-state index is -0.885. The molecule has 4 nitrogen and oxygen atoms in total. The van der Waals surface area contributed by atoms with Crippen LogP contribution in [0.2, 0.25) is 0 Å². The van der Waals surface area contributed by atoms with E-state index in [2.05, 4.69) is 0 Å². The topological polar surface area (TPSA) is 63.6 Å². The summed E-state index contributed by atoms with van der Waals surface area (Å²) in [4.78, 5) is 25.6. The number of benzene rings is 1. The Morgan fingerprint density at radius 2 is 1.76 bits per heavy atom. The first-order valence-electron chi connectivity index (χ1n) is 7.41. The minimum absolute atomic E-state index is 0.0805. The van der Waals surface area contributed by atoms with E-state index in [0.717, 1.165) is 5.56 Å². The van der Waals surface area contributed by atoms with Crippen LogP contribution in [0, 0.1) is 0 Å². The Morgan fingerprint density at radius 3 is 2.29 bits per heavy atom. The molecule has 2 unspecified atom stereocenters. The van der Waals surface area contributed by atoms with E-state index in [1.165, 1.54) is 0 Å². The molecule has 3 rings (SSSR count). The lowest BCUT2D eigenvalue weighted by molar-refractivity contribution is -0.173. The number of phenols is 1. The van der Waals surface area contributed by atoms with E-state index in [-0.39, 0.29) is 17.3 Å². The van der Waals surface area contributed by atoms with Gasteiger partial charge in [0.15, 0.2) is 11.6 Å². The fraction of sp³-hybridized carbons (Fsp3) is 0.529. The van der Waals surface area contributed by atoms with Crippen molar-refractivity contribution in [2.24, 2.45) is 0 Å². The molecule has 1 aromatic carbocycles. The summed E-state index contributed by atoms with van der Waals surface area (Å²) in [7, 11) is 0. The maximum Gasteiger partial charge on any atom is 0.179 e. The molecule has 2 aliphatic rings. The summed E-state index contributed by atoms with van der Waals surface area (Å²) in [6, 6.07) is 4.93. The van der Waals surface area contributed by atoms with Gasteiger partial charge in [-0.1, -0.05) is 13.0 Å². The molecular weight excluding hydrogens is 268 g/mol. The maximum absolute atomic E-state index is 12.8. The summed E-state index contributed by atoms with van der Waals surface area (Å²) < 4.78 is 5.79. The largest absolute Gasteiger partial charge is 0.508 e. The molecule has 0 aromatic heterocycles. The molecule has 2 atom stereocenters. The minimum Gasteiger partial charge on any atom is -0.508 e. The van der Waals surface area contributed by atoms with E-state index in [1.54, 1.807) is 32.0 Å². The van der Waals surface area contributed by atoms with Gasteiger partial charge in [0.2, 0.25) is 0 Å². The maximum atomic E-state index is 12.8. The lowest BCUT2D eigenvalue weighted by Crippen LogP contribution is -2.54. The average Bonchev–Trinajstić information content (AvgIpc) is 2.74. The van der Waals surface area contributed by atoms with Crippen LogP contribution in [-0.4, -0.2) is 27.9 Å². The van der Waals surface area contributed by atoms with Crippen molar-refractivity contribution >= 4 is 11.6 Å². The van der Waals surface area contributed by atoms with E-state index in [9.17, 15) is 14.7 Å². The van der Waals surface area contributed by atoms with Crippen molar-refractivity contribution in [3.05, 3.63) is 29.3 Å². The number of phenolic OH excluding ortho intramolecular Hbond substituents is 1. The van der Waals surface area contributed by atoms with E-state index >= 15 is 0 Å². The van der Waals surface area contributed by atoms with Gasteiger partial charge in [0.25, 0.3) is 0 Å². The number of hydrogen-bond donors (Lipinski definition) is 1. The van der Waals surface area contributed by atoms with Crippen LogP contribution in [0.1, 0.15) is 50.7 Å². The van der Waals surface area contributed by atoms with Crippen molar-refractivity contribution in [1.82, 2.24) is 0 Å². The van der Waals surface area contributed by atoms with Gasteiger partial charge < -0.3 is 9.84 Å². The molecule has 0 saturated carbocycles. The summed E-state index contributed by atoms with van der Waals surface area (Å²) in [5.41, 5.74) is -0.212. The van der Waals surface area contributed by atoms with Crippen molar-refractivity contribution < 1.29 is 19.4 Å². The number of ether oxygens (including phenoxy) is 1. The second-order valence-corrected chi connectivity index (χ2v) is 6.46. The first-order valence-corrected chi connectivity index (χ1v) is 7.41. The zero-order chi connectivity index (χ0) is 15.4. The number of aromatic hydroxyl groups is 1. The monoisotopic (exact) mass is 288 g/mol. The molecule has 112 valence electrons. The first kappa shape index (κ1) is 14.3. The normalized spacial score (nSPS) is 35.3. The molecule has 1 N–H and O–H groups in total. The van der Waals surface area contributed by atoms with Gasteiger partial charge in [-0.15, -0.1) is 0 Å². The van der Waals surface area contributed by atoms with E-state index in [4.69, 9.17) is 4.74 Å². The molecule has 0 aliphatic carbocycles. The Kier molecular flexibility index (Phi) is 2.99. The van der Waals surface area contributed by atoms with E-state index in [1.807, 2.05) is 6.92 Å². The third-order valence-corrected chi connectivity index (χ3v) is 4.92. The van der Waals surface area contributed by atoms with Crippen molar-refractivity contribution in [2.75, 3.05) is 0 Å². The fourth-order valence-electron chi connectivity index (χ4n) is 3.61. The molecule has 2 bridgehead atoms. The van der Waals surface area contributed by atoms with Gasteiger partial charge in [-0.25, -0.2) is 0 Å². The quantitative estimate of drug-likeness (QED) is 0.849. The highest BCUT2D eigenvalue weighted by molar-refractivity contribution is 6.16. The van der Waals surface area contributed by atoms with Crippen molar-refractivity contribution in [1.29, 1.82) is 0 Å². The summed E-state index contributed by atoms with van der Waals surface area (Å²) in [6.45, 7) is 5.52. The number of fused-ring (bicyclic) bond motifs is 2. The summed E-state index contributed by atoms with van der Waals surface area (Å²) in [5, 5.41) is 9.76. The number of rotatable bonds is 2. The Morgan fingerprint density at radius 1 is 1.19 bits per heavy atom. The summed E-state index contributed by atoms with van der Waals surface area (Å²) >= 11 is 0. The van der Waals surface area contributed by atoms with Crippen molar-refractivity contribution in [3.8, 4) is 5.75 Å². The highest BCUT2D eigenvalue weighted by Crippen LogP contribution is 2.49. The number of hydrogen-bond acceptors (Lipinski definition) is 4. The number of ketones is 2. The summed E-state index contributed by atoms with van der Waals surface area (Å²) in [5.74, 6) is -1.10. The molecular formula is C17H20O4. The smallest absolute Gasteiger partial charge is 0.179 e. The Labute approximate surface area is 124 Å². The third kappa shape index (κ3) is 1.93. The molecule has 4 heteroatoms. The van der Waals surface area contributed by atoms with Gasteiger partial charge in [-0.3, -0.25) is 9.59 Å². The van der Waals surface area contributed by atoms with Crippen LogP contribution in [0.25, 0.3) is 0 Å². The SMILES string of the molecule is CCc1ccc(O)cc1C1C(=O)C2(C)CCC(C)(O2)C1=O. The molecule has 21 heavy (non-hydrogen) atoms. The molecule has 2 saturated heterocycles. The summed E-state index contributed by atoms with van der Waals surface area (Å²) in [6.07, 6.45) is 1.86. The molecule has 0 spiro atoms. The van der Waals surface area contributed by atoms with Gasteiger partial charge in [-0.05, 0) is 56.4 Å². The predicted octanol–water partition coefficient (Wildman–Crippen LogP) is 2.52. The van der Waals surface area contributed by atoms with Gasteiger partial charge in [0.1, 0.15) is 22.9 Å². The lowest BCUT2D eigenvalue weighted by Gasteiger charge is -2.38. The van der Waals surface area contributed by atoms with Gasteiger partial charge >= 0.3 is 0 Å². The molecule has 1 aromatic rings. The second kappa shape index (κ2) is 4.41. The van der Waals surface area contributed by atoms with Crippen molar-refractivity contribution in [2.45, 2.75) is 57.2 Å². The van der Waals surface area contributed by atoms with Crippen LogP contribution in [0.15, 0.2) is 18.2 Å². The van der Waals surface area contributed by atoms with Crippen LogP contribution in [-0.2, 0) is 20.7 Å². The standard InChI is InChI=1S/C17H20O4/c1-4-10-5-6-11(18)9-12(10)13-14(19)16(2)7-8-17(3,21-16)15(13)20/h5-6,9,13,18H,4,7-8H2,1-3H3. The molecule has 2 fully saturated rings. The van der Waals surface area contributed by atoms with Crippen LogP contribution in [0.4, 0.5) is 0 Å². The van der Waals surface area contributed by atoms with Crippen molar-refractivity contribution in [3.63, 3.8) is 0 Å². The number of Topliss-reactive ketones (excluding diaryl/α,β-unsaturated/α-hetero) is 2. The average molecular weight is 288 g/mol. The molecule has 0 amide bonds. The van der Waals surface area contributed by atoms with Crippen LogP contribution < -0.4 is 0 Å². The van der Waals surface area contributed by atoms with E-state index < -0.39 is 17.1 Å². The zero-order valence-corrected chi connectivity index (χ0v) is 12.6. The van der Waals surface area contributed by atoms with Crippen LogP contribution in [0.3, 0.4) is 0 Å². The van der Waals surface area contributed by atoms with Crippen LogP contribution in [0.5, 0.6) is 5.75 Å². The highest BCUT2D eigenvalue weighted by Gasteiger charge is 2.61. The number of aryl methyl sites for hydroxylation is 1. The fourth-order valence-corrected chi connectivity index (χ4v) is 3.61. The Bertz CT molecular complexity index is 608. The zero-order valence-electron chi connectivity index (χ0n) is 12.6. The number of carbonyl (C=O) groups is 2. The van der Waals surface area contributed by atoms with Crippen LogP contribution >= 0.6 is 0 Å². The Hall–Kier alpha value is -1.68. The van der Waals surface area contributed by atoms with Gasteiger partial charge in [0, 0.05) is 0 Å². The first-order chi connectivity index (χ1) is 9.81. The molecule has 2 heterocycles. The third-order valence-electron chi connectivity index (χ3n) is 4.92. The molecule has 0 radical (unpaired) electrons.